The highest BCUT2D eigenvalue weighted by Gasteiger charge is 2.43. The van der Waals surface area contributed by atoms with Crippen molar-refractivity contribution in [1.29, 1.82) is 0 Å². The summed E-state index contributed by atoms with van der Waals surface area (Å²) in [5.74, 6) is 1.30. The van der Waals surface area contributed by atoms with E-state index >= 15 is 0 Å². The van der Waals surface area contributed by atoms with Gasteiger partial charge in [0.15, 0.2) is 0 Å². The Hall–Kier alpha value is -1.81. The molecule has 1 aromatic heterocycles. The normalized spacial score (nSPS) is 30.6. The lowest BCUT2D eigenvalue weighted by Gasteiger charge is -2.25. The average molecular weight is 298 g/mol. The van der Waals surface area contributed by atoms with Gasteiger partial charge in [0, 0.05) is 35.8 Å². The summed E-state index contributed by atoms with van der Waals surface area (Å²) in [4.78, 5) is 17.8. The number of aliphatic hydroxyl groups excluding tert-OH is 1. The minimum absolute atomic E-state index is 0.105. The minimum atomic E-state index is -0.118. The van der Waals surface area contributed by atoms with Crippen LogP contribution >= 0.6 is 0 Å². The number of nitrogens with zero attached hydrogens (tertiary/aromatic N) is 1. The van der Waals surface area contributed by atoms with Crippen LogP contribution in [0.1, 0.15) is 36.0 Å². The lowest BCUT2D eigenvalue weighted by molar-refractivity contribution is 0.0722. The van der Waals surface area contributed by atoms with Gasteiger partial charge in [-0.3, -0.25) is 4.79 Å². The van der Waals surface area contributed by atoms with Gasteiger partial charge >= 0.3 is 0 Å². The van der Waals surface area contributed by atoms with Crippen LogP contribution in [-0.4, -0.2) is 40.1 Å². The first-order valence-electron chi connectivity index (χ1n) is 8.14. The van der Waals surface area contributed by atoms with Crippen LogP contribution in [-0.2, 0) is 0 Å². The topological polar surface area (TPSA) is 56.3 Å². The lowest BCUT2D eigenvalue weighted by Crippen LogP contribution is -2.36. The number of amides is 1. The van der Waals surface area contributed by atoms with Gasteiger partial charge in [-0.05, 0) is 61.8 Å². The zero-order valence-corrected chi connectivity index (χ0v) is 12.8. The molecule has 4 nitrogen and oxygen atoms in total. The Bertz CT molecular complexity index is 694. The van der Waals surface area contributed by atoms with Crippen molar-refractivity contribution in [2.45, 2.75) is 37.8 Å². The predicted molar refractivity (Wildman–Crippen MR) is 85.6 cm³/mol. The summed E-state index contributed by atoms with van der Waals surface area (Å²) in [6.07, 6.45) is 5.68. The predicted octanol–water partition coefficient (Wildman–Crippen LogP) is 2.79. The van der Waals surface area contributed by atoms with Crippen LogP contribution in [0, 0.1) is 11.8 Å². The number of hydrogen-bond donors (Lipinski definition) is 2. The van der Waals surface area contributed by atoms with E-state index in [-0.39, 0.29) is 12.0 Å². The Kier molecular flexibility index (Phi) is 3.22. The van der Waals surface area contributed by atoms with E-state index in [1.165, 1.54) is 0 Å². The zero-order valence-electron chi connectivity index (χ0n) is 12.8. The summed E-state index contributed by atoms with van der Waals surface area (Å²) in [6, 6.07) is 8.14. The SMILES string of the molecule is CN(C(=O)c1ccc2[nH]ccc2c1)C1C[C@H]2CC(O)C[C@H]2C1. The Morgan fingerprint density at radius 2 is 1.91 bits per heavy atom. The second-order valence-corrected chi connectivity index (χ2v) is 6.97. The molecule has 22 heavy (non-hydrogen) atoms. The van der Waals surface area contributed by atoms with Crippen molar-refractivity contribution in [3.63, 3.8) is 0 Å². The minimum Gasteiger partial charge on any atom is -0.393 e. The summed E-state index contributed by atoms with van der Waals surface area (Å²) < 4.78 is 0. The van der Waals surface area contributed by atoms with Crippen LogP contribution in [0.15, 0.2) is 30.5 Å². The molecule has 0 bridgehead atoms. The van der Waals surface area contributed by atoms with Crippen LogP contribution in [0.4, 0.5) is 0 Å². The molecule has 2 aromatic rings. The van der Waals surface area contributed by atoms with Crippen LogP contribution in [0.3, 0.4) is 0 Å². The first-order valence-corrected chi connectivity index (χ1v) is 8.14. The average Bonchev–Trinajstić information content (AvgIpc) is 3.18. The van der Waals surface area contributed by atoms with Crippen molar-refractivity contribution in [2.75, 3.05) is 7.05 Å². The van der Waals surface area contributed by atoms with Crippen molar-refractivity contribution >= 4 is 16.8 Å². The number of carbonyl (C=O) groups excluding carboxylic acids is 1. The number of rotatable bonds is 2. The van der Waals surface area contributed by atoms with Crippen LogP contribution < -0.4 is 0 Å². The monoisotopic (exact) mass is 298 g/mol. The Balaban J connectivity index is 1.50. The zero-order chi connectivity index (χ0) is 15.3. The van der Waals surface area contributed by atoms with E-state index in [2.05, 4.69) is 4.98 Å². The van der Waals surface area contributed by atoms with Gasteiger partial charge in [0.05, 0.1) is 6.10 Å². The van der Waals surface area contributed by atoms with E-state index in [1.54, 1.807) is 0 Å². The van der Waals surface area contributed by atoms with E-state index in [1.807, 2.05) is 42.4 Å². The van der Waals surface area contributed by atoms with Crippen molar-refractivity contribution in [3.8, 4) is 0 Å². The van der Waals surface area contributed by atoms with Gasteiger partial charge in [-0.1, -0.05) is 0 Å². The third-order valence-corrected chi connectivity index (χ3v) is 5.63. The molecule has 2 aliphatic rings. The molecule has 1 heterocycles. The van der Waals surface area contributed by atoms with Gasteiger partial charge < -0.3 is 15.0 Å². The molecule has 0 saturated heterocycles. The fourth-order valence-electron chi connectivity index (χ4n) is 4.42. The number of nitrogens with one attached hydrogen (secondary N) is 1. The summed E-state index contributed by atoms with van der Waals surface area (Å²) in [5, 5.41) is 10.8. The number of H-pyrrole nitrogens is 1. The largest absolute Gasteiger partial charge is 0.393 e. The molecule has 4 rings (SSSR count). The standard InChI is InChI=1S/C18H22N2O2/c1-20(15-7-13-9-16(21)10-14(13)8-15)18(22)12-2-3-17-11(6-12)4-5-19-17/h2-6,13-16,19,21H,7-10H2,1H3/t13-,14+,15?,16?. The number of carbonyl (C=O) groups is 1. The summed E-state index contributed by atoms with van der Waals surface area (Å²) in [6.45, 7) is 0. The molecule has 4 atom stereocenters. The Morgan fingerprint density at radius 3 is 2.64 bits per heavy atom. The van der Waals surface area contributed by atoms with E-state index in [0.717, 1.165) is 42.1 Å². The van der Waals surface area contributed by atoms with Gasteiger partial charge in [0.25, 0.3) is 5.91 Å². The summed E-state index contributed by atoms with van der Waals surface area (Å²) in [7, 11) is 1.92. The fourth-order valence-corrected chi connectivity index (χ4v) is 4.42. The number of hydrogen-bond acceptors (Lipinski definition) is 2. The molecule has 2 saturated carbocycles. The van der Waals surface area contributed by atoms with Crippen LogP contribution in [0.2, 0.25) is 0 Å². The molecule has 0 radical (unpaired) electrons. The molecule has 116 valence electrons. The summed E-state index contributed by atoms with van der Waals surface area (Å²) in [5.41, 5.74) is 1.82. The molecule has 2 fully saturated rings. The third kappa shape index (κ3) is 2.22. The highest BCUT2D eigenvalue weighted by atomic mass is 16.3. The third-order valence-electron chi connectivity index (χ3n) is 5.63. The molecule has 2 aliphatic carbocycles. The molecule has 2 N–H and O–H groups in total. The molecule has 4 heteroatoms. The Labute approximate surface area is 130 Å². The van der Waals surface area contributed by atoms with Crippen LogP contribution in [0.25, 0.3) is 10.9 Å². The molecule has 1 aromatic carbocycles. The molecule has 1 amide bonds. The summed E-state index contributed by atoms with van der Waals surface area (Å²) >= 11 is 0. The van der Waals surface area contributed by atoms with E-state index < -0.39 is 0 Å². The van der Waals surface area contributed by atoms with Crippen molar-refractivity contribution in [1.82, 2.24) is 9.88 Å². The quantitative estimate of drug-likeness (QED) is 0.895. The lowest BCUT2D eigenvalue weighted by atomic mass is 10.0. The number of aromatic nitrogens is 1. The molecule has 2 unspecified atom stereocenters. The second kappa shape index (κ2) is 5.13. The number of aromatic amines is 1. The molecular weight excluding hydrogens is 276 g/mol. The first kappa shape index (κ1) is 13.8. The maximum atomic E-state index is 12.7. The number of aliphatic hydroxyl groups is 1. The molecular formula is C18H22N2O2. The van der Waals surface area contributed by atoms with Crippen LogP contribution in [0.5, 0.6) is 0 Å². The van der Waals surface area contributed by atoms with Gasteiger partial charge in [-0.2, -0.15) is 0 Å². The molecule has 0 aliphatic heterocycles. The second-order valence-electron chi connectivity index (χ2n) is 6.97. The van der Waals surface area contributed by atoms with Gasteiger partial charge in [-0.25, -0.2) is 0 Å². The number of fused-ring (bicyclic) bond motifs is 2. The van der Waals surface area contributed by atoms with Crippen molar-refractivity contribution < 1.29 is 9.90 Å². The number of benzene rings is 1. The van der Waals surface area contributed by atoms with E-state index in [0.29, 0.717) is 17.9 Å². The van der Waals surface area contributed by atoms with E-state index in [9.17, 15) is 9.90 Å². The smallest absolute Gasteiger partial charge is 0.253 e. The first-order chi connectivity index (χ1) is 10.6. The Morgan fingerprint density at radius 1 is 1.18 bits per heavy atom. The van der Waals surface area contributed by atoms with Crippen molar-refractivity contribution in [3.05, 3.63) is 36.0 Å². The molecule has 0 spiro atoms. The maximum absolute atomic E-state index is 12.7. The highest BCUT2D eigenvalue weighted by molar-refractivity contribution is 5.98. The van der Waals surface area contributed by atoms with Crippen molar-refractivity contribution in [2.24, 2.45) is 11.8 Å². The van der Waals surface area contributed by atoms with Gasteiger partial charge in [0.1, 0.15) is 0 Å². The van der Waals surface area contributed by atoms with Gasteiger partial charge in [0.2, 0.25) is 0 Å². The van der Waals surface area contributed by atoms with E-state index in [4.69, 9.17) is 0 Å². The van der Waals surface area contributed by atoms with Gasteiger partial charge in [-0.15, -0.1) is 0 Å². The highest BCUT2D eigenvalue weighted by Crippen LogP contribution is 2.45. The maximum Gasteiger partial charge on any atom is 0.253 e. The fraction of sp³-hybridized carbons (Fsp3) is 0.500.